The minimum absolute atomic E-state index is 0.116. The fourth-order valence-corrected chi connectivity index (χ4v) is 3.46. The lowest BCUT2D eigenvalue weighted by molar-refractivity contribution is -0.118. The van der Waals surface area contributed by atoms with Gasteiger partial charge in [-0.05, 0) is 71.8 Å². The summed E-state index contributed by atoms with van der Waals surface area (Å²) in [6.07, 6.45) is 1.24. The molecule has 23 heavy (non-hydrogen) atoms. The number of amides is 2. The van der Waals surface area contributed by atoms with Gasteiger partial charge in [-0.15, -0.1) is 0 Å². The molecule has 0 radical (unpaired) electrons. The molecule has 1 aliphatic rings. The third-order valence-corrected chi connectivity index (χ3v) is 4.91. The Kier molecular flexibility index (Phi) is 4.66. The van der Waals surface area contributed by atoms with Crippen LogP contribution in [0.1, 0.15) is 29.3 Å². The van der Waals surface area contributed by atoms with Crippen LogP contribution in [0.5, 0.6) is 0 Å². The highest BCUT2D eigenvalue weighted by Crippen LogP contribution is 2.30. The van der Waals surface area contributed by atoms with Crippen molar-refractivity contribution in [1.82, 2.24) is 0 Å². The van der Waals surface area contributed by atoms with Crippen molar-refractivity contribution in [3.8, 4) is 0 Å². The van der Waals surface area contributed by atoms with E-state index in [9.17, 15) is 9.59 Å². The first kappa shape index (κ1) is 16.0. The van der Waals surface area contributed by atoms with E-state index in [-0.39, 0.29) is 11.8 Å². The molecule has 2 aromatic carbocycles. The molecular weight excluding hydrogens is 403 g/mol. The van der Waals surface area contributed by atoms with Gasteiger partial charge in [0.25, 0.3) is 5.91 Å². The molecular formula is C18H17IN2O2. The third kappa shape index (κ3) is 3.24. The van der Waals surface area contributed by atoms with E-state index in [1.165, 1.54) is 0 Å². The molecule has 0 saturated heterocycles. The molecule has 2 amide bonds. The van der Waals surface area contributed by atoms with Crippen LogP contribution in [0, 0.1) is 3.57 Å². The molecule has 3 rings (SSSR count). The molecule has 2 aromatic rings. The molecule has 0 bridgehead atoms. The predicted octanol–water partition coefficient (Wildman–Crippen LogP) is 3.84. The lowest BCUT2D eigenvalue weighted by Gasteiger charge is -2.28. The van der Waals surface area contributed by atoms with E-state index in [2.05, 4.69) is 27.9 Å². The Morgan fingerprint density at radius 3 is 2.74 bits per heavy atom. The molecule has 0 saturated carbocycles. The van der Waals surface area contributed by atoms with Gasteiger partial charge in [-0.25, -0.2) is 0 Å². The van der Waals surface area contributed by atoms with Crippen molar-refractivity contribution in [2.24, 2.45) is 0 Å². The zero-order chi connectivity index (χ0) is 16.4. The maximum atomic E-state index is 12.4. The van der Waals surface area contributed by atoms with Gasteiger partial charge >= 0.3 is 0 Å². The SMILES string of the molecule is CCN1C(=O)CCc2cc(NC(=O)c3ccccc3I)ccc21. The summed E-state index contributed by atoms with van der Waals surface area (Å²) >= 11 is 2.16. The maximum absolute atomic E-state index is 12.4. The Balaban J connectivity index is 1.84. The van der Waals surface area contributed by atoms with E-state index in [4.69, 9.17) is 0 Å². The first-order valence-corrected chi connectivity index (χ1v) is 8.67. The second-order valence-electron chi connectivity index (χ2n) is 5.42. The molecule has 1 heterocycles. The van der Waals surface area contributed by atoms with Crippen molar-refractivity contribution in [1.29, 1.82) is 0 Å². The van der Waals surface area contributed by atoms with E-state index in [1.54, 1.807) is 4.90 Å². The van der Waals surface area contributed by atoms with Crippen molar-refractivity contribution >= 4 is 45.8 Å². The van der Waals surface area contributed by atoms with Crippen molar-refractivity contribution in [2.45, 2.75) is 19.8 Å². The standard InChI is InChI=1S/C18H17IN2O2/c1-2-21-16-9-8-13(11-12(16)7-10-17(21)22)20-18(23)14-5-3-4-6-15(14)19/h3-6,8-9,11H,2,7,10H2,1H3,(H,20,23). The van der Waals surface area contributed by atoms with E-state index < -0.39 is 0 Å². The Bertz CT molecular complexity index is 773. The minimum Gasteiger partial charge on any atom is -0.322 e. The fourth-order valence-electron chi connectivity index (χ4n) is 2.83. The maximum Gasteiger partial charge on any atom is 0.256 e. The molecule has 5 heteroatoms. The van der Waals surface area contributed by atoms with Crippen molar-refractivity contribution < 1.29 is 9.59 Å². The molecule has 0 aromatic heterocycles. The summed E-state index contributed by atoms with van der Waals surface area (Å²) in [7, 11) is 0. The van der Waals surface area contributed by atoms with E-state index >= 15 is 0 Å². The summed E-state index contributed by atoms with van der Waals surface area (Å²) in [5.41, 5.74) is 3.48. The van der Waals surface area contributed by atoms with Crippen molar-refractivity contribution in [2.75, 3.05) is 16.8 Å². The van der Waals surface area contributed by atoms with Crippen LogP contribution in [0.4, 0.5) is 11.4 Å². The predicted molar refractivity (Wildman–Crippen MR) is 99.9 cm³/mol. The number of benzene rings is 2. The van der Waals surface area contributed by atoms with Crippen LogP contribution in [-0.2, 0) is 11.2 Å². The van der Waals surface area contributed by atoms with Gasteiger partial charge in [0.1, 0.15) is 0 Å². The van der Waals surface area contributed by atoms with Gasteiger partial charge in [0.05, 0.1) is 5.56 Å². The number of aryl methyl sites for hydroxylation is 1. The van der Waals surface area contributed by atoms with Crippen molar-refractivity contribution in [3.63, 3.8) is 0 Å². The largest absolute Gasteiger partial charge is 0.322 e. The number of halogens is 1. The van der Waals surface area contributed by atoms with Gasteiger partial charge in [-0.1, -0.05) is 12.1 Å². The number of hydrogen-bond acceptors (Lipinski definition) is 2. The minimum atomic E-state index is -0.116. The van der Waals surface area contributed by atoms with Crippen molar-refractivity contribution in [3.05, 3.63) is 57.2 Å². The number of nitrogens with one attached hydrogen (secondary N) is 1. The molecule has 0 atom stereocenters. The zero-order valence-electron chi connectivity index (χ0n) is 12.8. The number of rotatable bonds is 3. The first-order valence-electron chi connectivity index (χ1n) is 7.59. The number of nitrogens with zero attached hydrogens (tertiary/aromatic N) is 1. The van der Waals surface area contributed by atoms with Crippen LogP contribution in [0.15, 0.2) is 42.5 Å². The fraction of sp³-hybridized carbons (Fsp3) is 0.222. The number of fused-ring (bicyclic) bond motifs is 1. The summed E-state index contributed by atoms with van der Waals surface area (Å²) in [5.74, 6) is 0.0461. The highest BCUT2D eigenvalue weighted by atomic mass is 127. The Morgan fingerprint density at radius 1 is 1.22 bits per heavy atom. The van der Waals surface area contributed by atoms with Crippen LogP contribution in [0.2, 0.25) is 0 Å². The van der Waals surface area contributed by atoms with E-state index in [0.717, 1.165) is 26.9 Å². The lowest BCUT2D eigenvalue weighted by Crippen LogP contribution is -2.34. The molecule has 1 N–H and O–H groups in total. The number of anilines is 2. The molecule has 118 valence electrons. The van der Waals surface area contributed by atoms with Crippen LogP contribution in [0.25, 0.3) is 0 Å². The zero-order valence-corrected chi connectivity index (χ0v) is 15.0. The molecule has 0 fully saturated rings. The molecule has 4 nitrogen and oxygen atoms in total. The van der Waals surface area contributed by atoms with Gasteiger partial charge in [0, 0.05) is 27.9 Å². The molecule has 1 aliphatic heterocycles. The second-order valence-corrected chi connectivity index (χ2v) is 6.58. The van der Waals surface area contributed by atoms with Gasteiger partial charge in [0.15, 0.2) is 0 Å². The number of hydrogen-bond donors (Lipinski definition) is 1. The van der Waals surface area contributed by atoms with Gasteiger partial charge in [-0.2, -0.15) is 0 Å². The average molecular weight is 420 g/mol. The average Bonchev–Trinajstić information content (AvgIpc) is 2.55. The third-order valence-electron chi connectivity index (χ3n) is 3.97. The Morgan fingerprint density at radius 2 is 2.00 bits per heavy atom. The van der Waals surface area contributed by atoms with Gasteiger partial charge < -0.3 is 10.2 Å². The summed E-state index contributed by atoms with van der Waals surface area (Å²) in [6.45, 7) is 2.64. The monoisotopic (exact) mass is 420 g/mol. The van der Waals surface area contributed by atoms with E-state index in [0.29, 0.717) is 18.5 Å². The van der Waals surface area contributed by atoms with Gasteiger partial charge in [-0.3, -0.25) is 9.59 Å². The Hall–Kier alpha value is -1.89. The summed E-state index contributed by atoms with van der Waals surface area (Å²) in [4.78, 5) is 26.1. The number of carbonyl (C=O) groups excluding carboxylic acids is 2. The summed E-state index contributed by atoms with van der Waals surface area (Å²) in [6, 6.07) is 13.2. The molecule has 0 spiro atoms. The van der Waals surface area contributed by atoms with Crippen LogP contribution < -0.4 is 10.2 Å². The molecule has 0 unspecified atom stereocenters. The van der Waals surface area contributed by atoms with Gasteiger partial charge in [0.2, 0.25) is 5.91 Å². The first-order chi connectivity index (χ1) is 11.1. The second kappa shape index (κ2) is 6.70. The van der Waals surface area contributed by atoms with Crippen LogP contribution in [-0.4, -0.2) is 18.4 Å². The summed E-state index contributed by atoms with van der Waals surface area (Å²) < 4.78 is 0.920. The number of carbonyl (C=O) groups is 2. The quantitative estimate of drug-likeness (QED) is 0.768. The molecule has 0 aliphatic carbocycles. The van der Waals surface area contributed by atoms with Crippen LogP contribution in [0.3, 0.4) is 0 Å². The topological polar surface area (TPSA) is 49.4 Å². The highest BCUT2D eigenvalue weighted by molar-refractivity contribution is 14.1. The Labute approximate surface area is 149 Å². The van der Waals surface area contributed by atoms with E-state index in [1.807, 2.05) is 49.4 Å². The lowest BCUT2D eigenvalue weighted by atomic mass is 10.0. The highest BCUT2D eigenvalue weighted by Gasteiger charge is 2.23. The normalized spacial score (nSPS) is 13.7. The smallest absolute Gasteiger partial charge is 0.256 e. The van der Waals surface area contributed by atoms with Crippen LogP contribution >= 0.6 is 22.6 Å². The summed E-state index contributed by atoms with van der Waals surface area (Å²) in [5, 5.41) is 2.95.